The summed E-state index contributed by atoms with van der Waals surface area (Å²) in [4.78, 5) is 31.5. The van der Waals surface area contributed by atoms with Crippen molar-refractivity contribution in [2.75, 3.05) is 17.7 Å². The minimum atomic E-state index is -0.360. The van der Waals surface area contributed by atoms with Gasteiger partial charge in [-0.15, -0.1) is 23.1 Å². The van der Waals surface area contributed by atoms with Crippen LogP contribution in [0.4, 0.5) is 5.00 Å². The molecule has 0 bridgehead atoms. The van der Waals surface area contributed by atoms with Crippen molar-refractivity contribution in [3.8, 4) is 17.3 Å². The van der Waals surface area contributed by atoms with Crippen LogP contribution in [0.25, 0.3) is 11.3 Å². The summed E-state index contributed by atoms with van der Waals surface area (Å²) < 4.78 is 5.33. The topological polar surface area (TPSA) is 92.1 Å². The molecule has 4 rings (SSSR count). The summed E-state index contributed by atoms with van der Waals surface area (Å²) in [6, 6.07) is 15.6. The second kappa shape index (κ2) is 12.7. The number of thioether (sulfide) groups is 1. The van der Waals surface area contributed by atoms with Gasteiger partial charge in [-0.05, 0) is 50.3 Å². The zero-order chi connectivity index (χ0) is 25.3. The minimum Gasteiger partial charge on any atom is -0.462 e. The average Bonchev–Trinajstić information content (AvgIpc) is 3.20. The van der Waals surface area contributed by atoms with Gasteiger partial charge in [-0.2, -0.15) is 5.26 Å². The Kier molecular flexibility index (Phi) is 9.15. The predicted octanol–water partition coefficient (Wildman–Crippen LogP) is 6.64. The number of nitrogens with one attached hydrogen (secondary N) is 1. The van der Waals surface area contributed by atoms with Gasteiger partial charge in [0.1, 0.15) is 16.1 Å². The van der Waals surface area contributed by atoms with Crippen LogP contribution in [0.5, 0.6) is 0 Å². The van der Waals surface area contributed by atoms with E-state index in [0.29, 0.717) is 33.5 Å². The van der Waals surface area contributed by atoms with E-state index in [1.165, 1.54) is 34.4 Å². The Hall–Kier alpha value is -3.15. The molecule has 1 aliphatic carbocycles. The van der Waals surface area contributed by atoms with E-state index in [1.807, 2.05) is 36.4 Å². The maximum absolute atomic E-state index is 12.9. The number of aryl methyl sites for hydroxylation is 1. The highest BCUT2D eigenvalue weighted by molar-refractivity contribution is 7.99. The molecule has 2 aromatic heterocycles. The molecular formula is C28H29N3O3S2. The number of nitrogens with zero attached hydrogens (tertiary/aromatic N) is 2. The first-order valence-corrected chi connectivity index (χ1v) is 14.1. The molecule has 0 unspecified atom stereocenters. The third-order valence-corrected chi connectivity index (χ3v) is 8.22. The number of anilines is 1. The molecule has 6 nitrogen and oxygen atoms in total. The monoisotopic (exact) mass is 519 g/mol. The van der Waals surface area contributed by atoms with E-state index in [2.05, 4.69) is 16.4 Å². The Labute approximate surface area is 220 Å². The van der Waals surface area contributed by atoms with E-state index < -0.39 is 0 Å². The number of fused-ring (bicyclic) bond motifs is 1. The van der Waals surface area contributed by atoms with Crippen LogP contribution in [-0.4, -0.2) is 29.2 Å². The number of carbonyl (C=O) groups excluding carboxylic acids is 2. The van der Waals surface area contributed by atoms with Crippen molar-refractivity contribution in [1.82, 2.24) is 4.98 Å². The molecule has 186 valence electrons. The van der Waals surface area contributed by atoms with E-state index in [9.17, 15) is 14.9 Å². The third-order valence-electron chi connectivity index (χ3n) is 6.02. The van der Waals surface area contributed by atoms with Gasteiger partial charge in [0.05, 0.1) is 23.4 Å². The molecule has 1 aliphatic rings. The maximum Gasteiger partial charge on any atom is 0.341 e. The summed E-state index contributed by atoms with van der Waals surface area (Å²) in [6.45, 7) is 2.09. The Morgan fingerprint density at radius 2 is 1.89 bits per heavy atom. The van der Waals surface area contributed by atoms with Crippen LogP contribution in [0.3, 0.4) is 0 Å². The summed E-state index contributed by atoms with van der Waals surface area (Å²) in [7, 11) is 0. The predicted molar refractivity (Wildman–Crippen MR) is 145 cm³/mol. The fraction of sp³-hybridized carbons (Fsp3) is 0.357. The second-order valence-corrected chi connectivity index (χ2v) is 10.7. The molecule has 8 heteroatoms. The Morgan fingerprint density at radius 3 is 2.64 bits per heavy atom. The Balaban J connectivity index is 1.45. The minimum absolute atomic E-state index is 0.167. The lowest BCUT2D eigenvalue weighted by atomic mass is 9.96. The van der Waals surface area contributed by atoms with Crippen LogP contribution in [0, 0.1) is 11.3 Å². The Bertz CT molecular complexity index is 1270. The van der Waals surface area contributed by atoms with Gasteiger partial charge >= 0.3 is 5.97 Å². The molecule has 2 heterocycles. The van der Waals surface area contributed by atoms with Crippen LogP contribution in [0.1, 0.15) is 65.4 Å². The van der Waals surface area contributed by atoms with Crippen molar-refractivity contribution in [3.05, 3.63) is 64.0 Å². The van der Waals surface area contributed by atoms with Crippen LogP contribution in [0.2, 0.25) is 0 Å². The van der Waals surface area contributed by atoms with Gasteiger partial charge in [-0.3, -0.25) is 4.79 Å². The fourth-order valence-electron chi connectivity index (χ4n) is 4.26. The van der Waals surface area contributed by atoms with Crippen LogP contribution in [0.15, 0.2) is 47.5 Å². The molecule has 3 aromatic rings. The molecular weight excluding hydrogens is 490 g/mol. The lowest BCUT2D eigenvalue weighted by molar-refractivity contribution is -0.115. The second-order valence-electron chi connectivity index (χ2n) is 8.52. The standard InChI is InChI=1S/C28H29N3O3S2/c1-2-34-28(33)25-21-12-8-3-4-9-13-23(21)36-27(25)31-24(32)16-17-35-26-20(18-29)14-15-22(30-26)19-10-6-5-7-11-19/h5-7,10-11,14-15H,2-4,8-9,12-13,16-17H2,1H3,(H,31,32). The normalized spacial score (nSPS) is 13.1. The summed E-state index contributed by atoms with van der Waals surface area (Å²) in [5, 5.41) is 13.7. The van der Waals surface area contributed by atoms with E-state index in [1.54, 1.807) is 13.0 Å². The Morgan fingerprint density at radius 1 is 1.11 bits per heavy atom. The van der Waals surface area contributed by atoms with E-state index in [4.69, 9.17) is 4.74 Å². The number of hydrogen-bond donors (Lipinski definition) is 1. The molecule has 0 atom stereocenters. The van der Waals surface area contributed by atoms with E-state index in [0.717, 1.165) is 48.9 Å². The summed E-state index contributed by atoms with van der Waals surface area (Å²) >= 11 is 2.90. The van der Waals surface area contributed by atoms with Crippen LogP contribution < -0.4 is 5.32 Å². The number of rotatable bonds is 8. The van der Waals surface area contributed by atoms with Gasteiger partial charge in [0.15, 0.2) is 0 Å². The number of thiophene rings is 1. The van der Waals surface area contributed by atoms with Crippen molar-refractivity contribution >= 4 is 40.0 Å². The van der Waals surface area contributed by atoms with Crippen LogP contribution >= 0.6 is 23.1 Å². The highest BCUT2D eigenvalue weighted by Gasteiger charge is 2.26. The molecule has 0 fully saturated rings. The van der Waals surface area contributed by atoms with Crippen molar-refractivity contribution in [2.45, 2.75) is 56.9 Å². The first-order valence-electron chi connectivity index (χ1n) is 12.3. The highest BCUT2D eigenvalue weighted by Crippen LogP contribution is 2.38. The van der Waals surface area contributed by atoms with Crippen molar-refractivity contribution in [2.24, 2.45) is 0 Å². The van der Waals surface area contributed by atoms with Gasteiger partial charge in [0.2, 0.25) is 5.91 Å². The third kappa shape index (κ3) is 6.34. The van der Waals surface area contributed by atoms with E-state index >= 15 is 0 Å². The average molecular weight is 520 g/mol. The SMILES string of the molecule is CCOC(=O)c1c(NC(=O)CCSc2nc(-c3ccccc3)ccc2C#N)sc2c1CCCCCC2. The molecule has 0 saturated carbocycles. The van der Waals surface area contributed by atoms with Crippen molar-refractivity contribution in [3.63, 3.8) is 0 Å². The molecule has 1 aromatic carbocycles. The van der Waals surface area contributed by atoms with Gasteiger partial charge < -0.3 is 10.1 Å². The van der Waals surface area contributed by atoms with Gasteiger partial charge in [-0.25, -0.2) is 9.78 Å². The lowest BCUT2D eigenvalue weighted by Crippen LogP contribution is -2.15. The molecule has 1 N–H and O–H groups in total. The number of pyridine rings is 1. The van der Waals surface area contributed by atoms with Gasteiger partial charge in [0.25, 0.3) is 0 Å². The molecule has 0 spiro atoms. The fourth-order valence-corrected chi connectivity index (χ4v) is 6.47. The molecule has 36 heavy (non-hydrogen) atoms. The number of carbonyl (C=O) groups is 2. The molecule has 0 radical (unpaired) electrons. The van der Waals surface area contributed by atoms with Gasteiger partial charge in [0, 0.05) is 22.6 Å². The van der Waals surface area contributed by atoms with E-state index in [-0.39, 0.29) is 18.3 Å². The first-order chi connectivity index (χ1) is 17.6. The van der Waals surface area contributed by atoms with Crippen molar-refractivity contribution in [1.29, 1.82) is 5.26 Å². The first kappa shape index (κ1) is 25.9. The summed E-state index contributed by atoms with van der Waals surface area (Å²) in [5.74, 6) is -0.0631. The number of esters is 1. The smallest absolute Gasteiger partial charge is 0.341 e. The molecule has 0 aliphatic heterocycles. The lowest BCUT2D eigenvalue weighted by Gasteiger charge is -2.11. The number of hydrogen-bond acceptors (Lipinski definition) is 7. The van der Waals surface area contributed by atoms with Crippen LogP contribution in [-0.2, 0) is 22.4 Å². The van der Waals surface area contributed by atoms with Crippen molar-refractivity contribution < 1.29 is 14.3 Å². The number of aromatic nitrogens is 1. The summed E-state index contributed by atoms with van der Waals surface area (Å²) in [6.07, 6.45) is 6.48. The number of amides is 1. The largest absolute Gasteiger partial charge is 0.462 e. The van der Waals surface area contributed by atoms with Gasteiger partial charge in [-0.1, -0.05) is 43.2 Å². The zero-order valence-electron chi connectivity index (χ0n) is 20.3. The summed E-state index contributed by atoms with van der Waals surface area (Å²) in [5.41, 5.74) is 3.83. The number of nitriles is 1. The molecule has 1 amide bonds. The number of ether oxygens (including phenoxy) is 1. The highest BCUT2D eigenvalue weighted by atomic mass is 32.2. The quantitative estimate of drug-likeness (QED) is 0.265. The number of benzene rings is 1. The zero-order valence-corrected chi connectivity index (χ0v) is 22.0. The molecule has 0 saturated heterocycles. The maximum atomic E-state index is 12.9.